The van der Waals surface area contributed by atoms with Crippen LogP contribution in [0.3, 0.4) is 0 Å². The summed E-state index contributed by atoms with van der Waals surface area (Å²) in [6.07, 6.45) is 7.38. The van der Waals surface area contributed by atoms with Gasteiger partial charge in [-0.15, -0.1) is 0 Å². The average molecular weight is 345 g/mol. The molecule has 1 aliphatic carbocycles. The van der Waals surface area contributed by atoms with Gasteiger partial charge in [0.15, 0.2) is 5.82 Å². The molecule has 3 aromatic rings. The minimum Gasteiger partial charge on any atom is -0.338 e. The van der Waals surface area contributed by atoms with Gasteiger partial charge in [0, 0.05) is 36.4 Å². The van der Waals surface area contributed by atoms with Crippen molar-refractivity contribution >= 4 is 23.1 Å². The van der Waals surface area contributed by atoms with Crippen LogP contribution >= 0.6 is 11.6 Å². The van der Waals surface area contributed by atoms with Crippen molar-refractivity contribution in [1.29, 1.82) is 0 Å². The molecular weight excluding hydrogens is 327 g/mol. The number of aryl methyl sites for hydroxylation is 1. The van der Waals surface area contributed by atoms with Gasteiger partial charge in [-0.05, 0) is 43.5 Å². The van der Waals surface area contributed by atoms with E-state index in [1.54, 1.807) is 0 Å². The molecule has 24 heavy (non-hydrogen) atoms. The Morgan fingerprint density at radius 1 is 1.33 bits per heavy atom. The molecule has 0 N–H and O–H groups in total. The van der Waals surface area contributed by atoms with Crippen LogP contribution in [0.4, 0.5) is 10.3 Å². The molecular formula is C18H18ClFN4. The summed E-state index contributed by atoms with van der Waals surface area (Å²) in [5.74, 6) is 0.180. The molecule has 1 aliphatic rings. The molecule has 124 valence electrons. The zero-order chi connectivity index (χ0) is 16.7. The van der Waals surface area contributed by atoms with Crippen molar-refractivity contribution in [3.63, 3.8) is 0 Å². The third kappa shape index (κ3) is 2.63. The Morgan fingerprint density at radius 2 is 2.12 bits per heavy atom. The minimum atomic E-state index is -0.409. The molecule has 0 spiro atoms. The van der Waals surface area contributed by atoms with E-state index in [1.807, 2.05) is 12.3 Å². The third-order valence-electron chi connectivity index (χ3n) is 4.75. The van der Waals surface area contributed by atoms with E-state index < -0.39 is 5.82 Å². The number of nitrogens with zero attached hydrogens (tertiary/aromatic N) is 4. The van der Waals surface area contributed by atoms with Crippen molar-refractivity contribution in [2.75, 3.05) is 11.4 Å². The van der Waals surface area contributed by atoms with Crippen LogP contribution in [-0.2, 0) is 12.8 Å². The van der Waals surface area contributed by atoms with Crippen molar-refractivity contribution < 1.29 is 4.39 Å². The zero-order valence-electron chi connectivity index (χ0n) is 13.4. The van der Waals surface area contributed by atoms with E-state index in [9.17, 15) is 4.39 Å². The summed E-state index contributed by atoms with van der Waals surface area (Å²) in [7, 11) is 0. The number of fused-ring (bicyclic) bond motifs is 3. The first kappa shape index (κ1) is 15.4. The molecule has 0 amide bonds. The predicted molar refractivity (Wildman–Crippen MR) is 93.2 cm³/mol. The smallest absolute Gasteiger partial charge is 0.225 e. The molecule has 4 nitrogen and oxygen atoms in total. The van der Waals surface area contributed by atoms with E-state index in [1.165, 1.54) is 29.2 Å². The molecule has 0 radical (unpaired) electrons. The van der Waals surface area contributed by atoms with Gasteiger partial charge >= 0.3 is 0 Å². The quantitative estimate of drug-likeness (QED) is 0.722. The Labute approximate surface area is 144 Å². The normalized spacial score (nSPS) is 17.0. The first-order chi connectivity index (χ1) is 11.7. The van der Waals surface area contributed by atoms with Gasteiger partial charge in [0.05, 0.1) is 17.4 Å². The van der Waals surface area contributed by atoms with Crippen molar-refractivity contribution in [3.05, 3.63) is 58.9 Å². The maximum atomic E-state index is 13.1. The Balaban J connectivity index is 1.68. The van der Waals surface area contributed by atoms with E-state index in [2.05, 4.69) is 38.3 Å². The molecule has 0 saturated heterocycles. The highest BCUT2D eigenvalue weighted by Crippen LogP contribution is 2.30. The largest absolute Gasteiger partial charge is 0.338 e. The van der Waals surface area contributed by atoms with Crippen molar-refractivity contribution in [2.45, 2.75) is 32.2 Å². The molecule has 0 aliphatic heterocycles. The first-order valence-electron chi connectivity index (χ1n) is 8.18. The molecule has 6 heteroatoms. The summed E-state index contributed by atoms with van der Waals surface area (Å²) in [4.78, 5) is 10.5. The summed E-state index contributed by atoms with van der Waals surface area (Å²) >= 11 is 6.17. The number of pyridine rings is 1. The van der Waals surface area contributed by atoms with Crippen LogP contribution in [-0.4, -0.2) is 27.0 Å². The lowest BCUT2D eigenvalue weighted by atomic mass is 9.92. The molecule has 0 fully saturated rings. The standard InChI is InChI=1S/C18H18ClFN4/c1-2-23(18-21-9-14(20)10-22-18)16-5-3-12-7-15-6-4-13(19)11-24(15)17(12)8-16/h4,6-7,9-11,16H,2-3,5,8H2,1H3. The van der Waals surface area contributed by atoms with Gasteiger partial charge in [-0.25, -0.2) is 14.4 Å². The number of hydrogen-bond donors (Lipinski definition) is 0. The molecule has 4 rings (SSSR count). The molecule has 0 bridgehead atoms. The third-order valence-corrected chi connectivity index (χ3v) is 4.97. The van der Waals surface area contributed by atoms with Gasteiger partial charge in [-0.1, -0.05) is 11.6 Å². The maximum absolute atomic E-state index is 13.1. The summed E-state index contributed by atoms with van der Waals surface area (Å²) in [5, 5.41) is 0.734. The number of anilines is 1. The lowest BCUT2D eigenvalue weighted by molar-refractivity contribution is 0.510. The summed E-state index contributed by atoms with van der Waals surface area (Å²) < 4.78 is 15.3. The Kier molecular flexibility index (Phi) is 3.88. The van der Waals surface area contributed by atoms with Crippen LogP contribution in [0, 0.1) is 5.82 Å². The van der Waals surface area contributed by atoms with Crippen molar-refractivity contribution in [2.24, 2.45) is 0 Å². The number of rotatable bonds is 3. The highest BCUT2D eigenvalue weighted by Gasteiger charge is 2.27. The molecule has 1 unspecified atom stereocenters. The molecule has 0 aromatic carbocycles. The molecule has 3 heterocycles. The fourth-order valence-electron chi connectivity index (χ4n) is 3.63. The van der Waals surface area contributed by atoms with E-state index >= 15 is 0 Å². The van der Waals surface area contributed by atoms with E-state index in [0.717, 1.165) is 30.8 Å². The lowest BCUT2D eigenvalue weighted by Gasteiger charge is -2.33. The van der Waals surface area contributed by atoms with Gasteiger partial charge < -0.3 is 9.30 Å². The highest BCUT2D eigenvalue weighted by atomic mass is 35.5. The van der Waals surface area contributed by atoms with Gasteiger partial charge in [0.2, 0.25) is 5.95 Å². The minimum absolute atomic E-state index is 0.296. The zero-order valence-corrected chi connectivity index (χ0v) is 14.2. The summed E-state index contributed by atoms with van der Waals surface area (Å²) in [5.41, 5.74) is 3.85. The van der Waals surface area contributed by atoms with Crippen molar-refractivity contribution in [1.82, 2.24) is 14.4 Å². The van der Waals surface area contributed by atoms with Crippen LogP contribution in [0.25, 0.3) is 5.52 Å². The SMILES string of the molecule is CCN(c1ncc(F)cn1)C1CCc2cc3ccc(Cl)cn3c2C1. The van der Waals surface area contributed by atoms with Crippen LogP contribution in [0.5, 0.6) is 0 Å². The summed E-state index contributed by atoms with van der Waals surface area (Å²) in [6, 6.07) is 6.51. The van der Waals surface area contributed by atoms with Crippen LogP contribution < -0.4 is 4.90 Å². The second-order valence-electron chi connectivity index (χ2n) is 6.14. The lowest BCUT2D eigenvalue weighted by Crippen LogP contribution is -2.40. The fraction of sp³-hybridized carbons (Fsp3) is 0.333. The molecule has 3 aromatic heterocycles. The van der Waals surface area contributed by atoms with Gasteiger partial charge in [-0.2, -0.15) is 0 Å². The van der Waals surface area contributed by atoms with Gasteiger partial charge in [-0.3, -0.25) is 0 Å². The van der Waals surface area contributed by atoms with E-state index in [4.69, 9.17) is 11.6 Å². The second-order valence-corrected chi connectivity index (χ2v) is 6.58. The number of halogens is 2. The topological polar surface area (TPSA) is 33.4 Å². The van der Waals surface area contributed by atoms with E-state index in [0.29, 0.717) is 12.0 Å². The Bertz CT molecular complexity index is 875. The summed E-state index contributed by atoms with van der Waals surface area (Å²) in [6.45, 7) is 2.87. The molecule has 0 saturated carbocycles. The first-order valence-corrected chi connectivity index (χ1v) is 8.56. The van der Waals surface area contributed by atoms with Gasteiger partial charge in [0.25, 0.3) is 0 Å². The maximum Gasteiger partial charge on any atom is 0.225 e. The van der Waals surface area contributed by atoms with Gasteiger partial charge in [0.1, 0.15) is 0 Å². The van der Waals surface area contributed by atoms with E-state index in [-0.39, 0.29) is 0 Å². The monoisotopic (exact) mass is 344 g/mol. The highest BCUT2D eigenvalue weighted by molar-refractivity contribution is 6.30. The van der Waals surface area contributed by atoms with Crippen LogP contribution in [0.1, 0.15) is 24.6 Å². The average Bonchev–Trinajstić information content (AvgIpc) is 2.95. The number of likely N-dealkylation sites (N-methyl/N-ethyl adjacent to an activating group) is 1. The van der Waals surface area contributed by atoms with Crippen LogP contribution in [0.15, 0.2) is 36.8 Å². The number of hydrogen-bond acceptors (Lipinski definition) is 3. The Morgan fingerprint density at radius 3 is 2.88 bits per heavy atom. The molecule has 1 atom stereocenters. The second kappa shape index (κ2) is 6.06. The predicted octanol–water partition coefficient (Wildman–Crippen LogP) is 3.91. The Hall–Kier alpha value is -2.14. The van der Waals surface area contributed by atoms with Crippen LogP contribution in [0.2, 0.25) is 5.02 Å². The number of aromatic nitrogens is 3. The van der Waals surface area contributed by atoms with Crippen molar-refractivity contribution in [3.8, 4) is 0 Å². The fourth-order valence-corrected chi connectivity index (χ4v) is 3.79.